The number of carbonyl (C=O) groups excluding carboxylic acids is 2. The van der Waals surface area contributed by atoms with Crippen molar-refractivity contribution in [1.82, 2.24) is 10.2 Å². The molecule has 1 heterocycles. The first-order chi connectivity index (χ1) is 10.5. The fourth-order valence-corrected chi connectivity index (χ4v) is 2.61. The van der Waals surface area contributed by atoms with E-state index in [0.29, 0.717) is 36.6 Å². The second-order valence-electron chi connectivity index (χ2n) is 5.86. The maximum Gasteiger partial charge on any atom is 0.321 e. The molecule has 1 saturated heterocycles. The summed E-state index contributed by atoms with van der Waals surface area (Å²) in [6, 6.07) is 7.02. The topological polar surface area (TPSA) is 61.4 Å². The van der Waals surface area contributed by atoms with E-state index in [-0.39, 0.29) is 23.9 Å². The summed E-state index contributed by atoms with van der Waals surface area (Å²) in [6.45, 7) is 5.09. The van der Waals surface area contributed by atoms with Crippen LogP contribution >= 0.6 is 11.6 Å². The Hall–Kier alpha value is -1.75. The minimum atomic E-state index is -0.134. The highest BCUT2D eigenvalue weighted by Gasteiger charge is 2.27. The predicted octanol–water partition coefficient (Wildman–Crippen LogP) is 3.11. The van der Waals surface area contributed by atoms with Gasteiger partial charge in [-0.15, -0.1) is 0 Å². The Morgan fingerprint density at radius 1 is 1.18 bits per heavy atom. The number of amides is 3. The molecule has 0 unspecified atom stereocenters. The van der Waals surface area contributed by atoms with Crippen molar-refractivity contribution in [3.05, 3.63) is 29.3 Å². The van der Waals surface area contributed by atoms with Crippen molar-refractivity contribution in [2.75, 3.05) is 18.4 Å². The van der Waals surface area contributed by atoms with E-state index in [9.17, 15) is 9.59 Å². The lowest BCUT2D eigenvalue weighted by molar-refractivity contribution is -0.126. The first-order valence-corrected chi connectivity index (χ1v) is 7.95. The number of hydrogen-bond donors (Lipinski definition) is 2. The molecular formula is C16H22ClN3O2. The van der Waals surface area contributed by atoms with Gasteiger partial charge in [-0.1, -0.05) is 11.6 Å². The third kappa shape index (κ3) is 4.63. The molecule has 1 fully saturated rings. The van der Waals surface area contributed by atoms with Crippen LogP contribution in [0.3, 0.4) is 0 Å². The van der Waals surface area contributed by atoms with Crippen LogP contribution in [0.5, 0.6) is 0 Å². The van der Waals surface area contributed by atoms with Crippen LogP contribution in [-0.4, -0.2) is 36.0 Å². The van der Waals surface area contributed by atoms with Crippen LogP contribution in [0.15, 0.2) is 24.3 Å². The number of nitrogens with one attached hydrogen (secondary N) is 2. The molecule has 0 bridgehead atoms. The third-order valence-electron chi connectivity index (χ3n) is 3.68. The molecule has 1 aliphatic rings. The molecule has 5 nitrogen and oxygen atoms in total. The lowest BCUT2D eigenvalue weighted by atomic mass is 9.96. The van der Waals surface area contributed by atoms with Crippen LogP contribution in [0.1, 0.15) is 26.7 Å². The number of halogens is 1. The lowest BCUT2D eigenvalue weighted by Gasteiger charge is -2.31. The van der Waals surface area contributed by atoms with Crippen LogP contribution in [0, 0.1) is 5.92 Å². The quantitative estimate of drug-likeness (QED) is 0.897. The maximum atomic E-state index is 12.2. The highest BCUT2D eigenvalue weighted by atomic mass is 35.5. The molecule has 1 aliphatic heterocycles. The molecular weight excluding hydrogens is 302 g/mol. The highest BCUT2D eigenvalue weighted by Crippen LogP contribution is 2.19. The SMILES string of the molecule is CC(C)NC(=O)C1CCN(C(=O)Nc2ccc(Cl)cc2)CC1. The van der Waals surface area contributed by atoms with E-state index in [2.05, 4.69) is 10.6 Å². The first-order valence-electron chi connectivity index (χ1n) is 7.57. The molecule has 2 rings (SSSR count). The average molecular weight is 324 g/mol. The zero-order valence-electron chi connectivity index (χ0n) is 12.9. The Kier molecular flexibility index (Phi) is 5.66. The monoisotopic (exact) mass is 323 g/mol. The second kappa shape index (κ2) is 7.49. The number of rotatable bonds is 3. The number of nitrogens with zero attached hydrogens (tertiary/aromatic N) is 1. The van der Waals surface area contributed by atoms with Gasteiger partial charge in [0, 0.05) is 35.8 Å². The van der Waals surface area contributed by atoms with Crippen molar-refractivity contribution in [1.29, 1.82) is 0 Å². The Labute approximate surface area is 136 Å². The van der Waals surface area contributed by atoms with Crippen LogP contribution in [0.2, 0.25) is 5.02 Å². The second-order valence-corrected chi connectivity index (χ2v) is 6.30. The highest BCUT2D eigenvalue weighted by molar-refractivity contribution is 6.30. The summed E-state index contributed by atoms with van der Waals surface area (Å²) in [5.41, 5.74) is 0.717. The smallest absolute Gasteiger partial charge is 0.321 e. The molecule has 22 heavy (non-hydrogen) atoms. The van der Waals surface area contributed by atoms with Crippen LogP contribution in [0.4, 0.5) is 10.5 Å². The number of piperidine rings is 1. The molecule has 3 amide bonds. The van der Waals surface area contributed by atoms with Crippen molar-refractivity contribution in [3.63, 3.8) is 0 Å². The number of urea groups is 1. The summed E-state index contributed by atoms with van der Waals surface area (Å²) in [7, 11) is 0. The summed E-state index contributed by atoms with van der Waals surface area (Å²) in [4.78, 5) is 25.9. The van der Waals surface area contributed by atoms with E-state index < -0.39 is 0 Å². The van der Waals surface area contributed by atoms with E-state index in [0.717, 1.165) is 0 Å². The van der Waals surface area contributed by atoms with Crippen molar-refractivity contribution in [3.8, 4) is 0 Å². The van der Waals surface area contributed by atoms with Gasteiger partial charge in [-0.2, -0.15) is 0 Å². The molecule has 1 aromatic carbocycles. The minimum absolute atomic E-state index is 0.00184. The van der Waals surface area contributed by atoms with Crippen molar-refractivity contribution >= 4 is 29.2 Å². The normalized spacial score (nSPS) is 15.7. The van der Waals surface area contributed by atoms with E-state index in [4.69, 9.17) is 11.6 Å². The zero-order chi connectivity index (χ0) is 16.1. The van der Waals surface area contributed by atoms with E-state index in [1.165, 1.54) is 0 Å². The van der Waals surface area contributed by atoms with E-state index in [1.807, 2.05) is 13.8 Å². The predicted molar refractivity (Wildman–Crippen MR) is 88.0 cm³/mol. The van der Waals surface area contributed by atoms with E-state index in [1.54, 1.807) is 29.2 Å². The van der Waals surface area contributed by atoms with Gasteiger partial charge in [-0.05, 0) is 51.0 Å². The van der Waals surface area contributed by atoms with Gasteiger partial charge in [0.15, 0.2) is 0 Å². The molecule has 0 radical (unpaired) electrons. The number of likely N-dealkylation sites (tertiary alicyclic amines) is 1. The number of benzene rings is 1. The van der Waals surface area contributed by atoms with Crippen LogP contribution in [0.25, 0.3) is 0 Å². The summed E-state index contributed by atoms with van der Waals surface area (Å²) in [5.74, 6) is 0.0924. The number of carbonyl (C=O) groups is 2. The summed E-state index contributed by atoms with van der Waals surface area (Å²) >= 11 is 5.82. The van der Waals surface area contributed by atoms with Crippen molar-refractivity contribution in [2.24, 2.45) is 5.92 Å². The largest absolute Gasteiger partial charge is 0.354 e. The maximum absolute atomic E-state index is 12.2. The van der Waals surface area contributed by atoms with Gasteiger partial charge in [0.05, 0.1) is 0 Å². The molecule has 6 heteroatoms. The third-order valence-corrected chi connectivity index (χ3v) is 3.93. The van der Waals surface area contributed by atoms with Gasteiger partial charge in [0.1, 0.15) is 0 Å². The fourth-order valence-electron chi connectivity index (χ4n) is 2.48. The standard InChI is InChI=1S/C16H22ClN3O2/c1-11(2)18-15(21)12-7-9-20(10-8-12)16(22)19-14-5-3-13(17)4-6-14/h3-6,11-12H,7-10H2,1-2H3,(H,18,21)(H,19,22). The Bertz CT molecular complexity index is 523. The number of hydrogen-bond acceptors (Lipinski definition) is 2. The Morgan fingerprint density at radius 3 is 2.32 bits per heavy atom. The molecule has 1 aromatic rings. The van der Waals surface area contributed by atoms with Gasteiger partial charge in [-0.3, -0.25) is 4.79 Å². The van der Waals surface area contributed by atoms with Gasteiger partial charge < -0.3 is 15.5 Å². The van der Waals surface area contributed by atoms with Crippen LogP contribution < -0.4 is 10.6 Å². The van der Waals surface area contributed by atoms with E-state index >= 15 is 0 Å². The average Bonchev–Trinajstić information content (AvgIpc) is 2.49. The Balaban J connectivity index is 1.82. The fraction of sp³-hybridized carbons (Fsp3) is 0.500. The molecule has 0 aliphatic carbocycles. The van der Waals surface area contributed by atoms with Gasteiger partial charge >= 0.3 is 6.03 Å². The zero-order valence-corrected chi connectivity index (χ0v) is 13.7. The Morgan fingerprint density at radius 2 is 1.77 bits per heavy atom. The lowest BCUT2D eigenvalue weighted by Crippen LogP contribution is -2.45. The molecule has 120 valence electrons. The molecule has 0 spiro atoms. The summed E-state index contributed by atoms with van der Waals surface area (Å²) in [5, 5.41) is 6.41. The molecule has 0 aromatic heterocycles. The van der Waals surface area contributed by atoms with Gasteiger partial charge in [0.2, 0.25) is 5.91 Å². The van der Waals surface area contributed by atoms with Crippen molar-refractivity contribution < 1.29 is 9.59 Å². The van der Waals surface area contributed by atoms with Crippen molar-refractivity contribution in [2.45, 2.75) is 32.7 Å². The minimum Gasteiger partial charge on any atom is -0.354 e. The molecule has 2 N–H and O–H groups in total. The van der Waals surface area contributed by atoms with Gasteiger partial charge in [-0.25, -0.2) is 4.79 Å². The molecule has 0 atom stereocenters. The van der Waals surface area contributed by atoms with Crippen LogP contribution in [-0.2, 0) is 4.79 Å². The van der Waals surface area contributed by atoms with Gasteiger partial charge in [0.25, 0.3) is 0 Å². The number of anilines is 1. The first kappa shape index (κ1) is 16.6. The molecule has 0 saturated carbocycles. The summed E-state index contributed by atoms with van der Waals surface area (Å²) in [6.07, 6.45) is 1.40. The summed E-state index contributed by atoms with van der Waals surface area (Å²) < 4.78 is 0.